The molecule has 10 heteroatoms. The van der Waals surface area contributed by atoms with E-state index in [0.29, 0.717) is 16.3 Å². The van der Waals surface area contributed by atoms with Crippen molar-refractivity contribution < 1.29 is 22.8 Å². The van der Waals surface area contributed by atoms with Crippen molar-refractivity contribution in [1.82, 2.24) is 20.0 Å². The highest BCUT2D eigenvalue weighted by Gasteiger charge is 2.39. The maximum Gasteiger partial charge on any atom is 0.406 e. The summed E-state index contributed by atoms with van der Waals surface area (Å²) in [5, 5.41) is 9.97. The minimum atomic E-state index is -4.55. The van der Waals surface area contributed by atoms with Gasteiger partial charge in [-0.2, -0.15) is 18.3 Å². The number of hydrogen-bond acceptors (Lipinski definition) is 3. The second-order valence-electron chi connectivity index (χ2n) is 7.85. The van der Waals surface area contributed by atoms with Gasteiger partial charge in [0.1, 0.15) is 12.4 Å². The largest absolute Gasteiger partial charge is 0.406 e. The van der Waals surface area contributed by atoms with Crippen molar-refractivity contribution in [1.29, 1.82) is 0 Å². The number of para-hydroxylation sites is 1. The zero-order valence-corrected chi connectivity index (χ0v) is 18.0. The van der Waals surface area contributed by atoms with Gasteiger partial charge in [-0.15, -0.1) is 0 Å². The third-order valence-electron chi connectivity index (χ3n) is 5.52. The third-order valence-corrected chi connectivity index (χ3v) is 5.52. The van der Waals surface area contributed by atoms with Crippen LogP contribution in [0.1, 0.15) is 33.2 Å². The highest BCUT2D eigenvalue weighted by atomic mass is 19.4. The van der Waals surface area contributed by atoms with E-state index in [1.54, 1.807) is 22.9 Å². The Balaban J connectivity index is 1.59. The average molecular weight is 457 g/mol. The number of fused-ring (bicyclic) bond motifs is 1. The maximum atomic E-state index is 13.0. The van der Waals surface area contributed by atoms with Crippen LogP contribution in [0, 0.1) is 13.8 Å². The van der Waals surface area contributed by atoms with Gasteiger partial charge in [-0.05, 0) is 37.6 Å². The fourth-order valence-electron chi connectivity index (χ4n) is 3.85. The Morgan fingerprint density at radius 1 is 1.09 bits per heavy atom. The summed E-state index contributed by atoms with van der Waals surface area (Å²) in [6.45, 7) is 1.95. The van der Waals surface area contributed by atoms with Crippen molar-refractivity contribution in [3.05, 3.63) is 77.0 Å². The van der Waals surface area contributed by atoms with E-state index in [1.807, 2.05) is 44.2 Å². The molecule has 0 spiro atoms. The molecule has 172 valence electrons. The molecule has 2 aromatic carbocycles. The van der Waals surface area contributed by atoms with Crippen molar-refractivity contribution in [3.63, 3.8) is 0 Å². The van der Waals surface area contributed by atoms with E-state index >= 15 is 0 Å². The number of benzene rings is 2. The van der Waals surface area contributed by atoms with Crippen LogP contribution in [0.25, 0.3) is 5.69 Å². The summed E-state index contributed by atoms with van der Waals surface area (Å²) < 4.78 is 40.6. The number of carbonyl (C=O) groups excluding carboxylic acids is 2. The molecule has 3 amide bonds. The lowest BCUT2D eigenvalue weighted by atomic mass is 9.94. The first kappa shape index (κ1) is 22.4. The number of aryl methyl sites for hydroxylation is 1. The molecule has 2 heterocycles. The number of rotatable bonds is 4. The summed E-state index contributed by atoms with van der Waals surface area (Å²) in [6, 6.07) is 14.2. The first-order valence-corrected chi connectivity index (χ1v) is 10.3. The zero-order valence-electron chi connectivity index (χ0n) is 18.0. The van der Waals surface area contributed by atoms with Crippen LogP contribution in [0.3, 0.4) is 0 Å². The van der Waals surface area contributed by atoms with Gasteiger partial charge in [0, 0.05) is 17.7 Å². The Labute approximate surface area is 188 Å². The SMILES string of the molecule is Cc1nn(-c2ccccc2)c(NC(=O)NC2CN(CC(F)(F)F)C(=O)c3ccccc32)c1C. The molecule has 3 aromatic rings. The van der Waals surface area contributed by atoms with Crippen molar-refractivity contribution >= 4 is 17.8 Å². The summed E-state index contributed by atoms with van der Waals surface area (Å²) in [7, 11) is 0. The molecule has 1 aromatic heterocycles. The second-order valence-corrected chi connectivity index (χ2v) is 7.85. The van der Waals surface area contributed by atoms with E-state index in [1.165, 1.54) is 6.07 Å². The predicted octanol–water partition coefficient (Wildman–Crippen LogP) is 4.37. The highest BCUT2D eigenvalue weighted by Crippen LogP contribution is 2.29. The van der Waals surface area contributed by atoms with Crippen LogP contribution in [-0.4, -0.2) is 45.9 Å². The van der Waals surface area contributed by atoms with Crippen molar-refractivity contribution in [3.8, 4) is 5.69 Å². The second kappa shape index (κ2) is 8.61. The molecule has 33 heavy (non-hydrogen) atoms. The van der Waals surface area contributed by atoms with Gasteiger partial charge < -0.3 is 10.2 Å². The molecule has 0 radical (unpaired) electrons. The van der Waals surface area contributed by atoms with Gasteiger partial charge in [0.2, 0.25) is 0 Å². The summed E-state index contributed by atoms with van der Waals surface area (Å²) >= 11 is 0. The molecule has 0 bridgehead atoms. The monoisotopic (exact) mass is 457 g/mol. The zero-order chi connectivity index (χ0) is 23.8. The Kier molecular flexibility index (Phi) is 5.84. The third kappa shape index (κ3) is 4.69. The Morgan fingerprint density at radius 3 is 2.45 bits per heavy atom. The van der Waals surface area contributed by atoms with Crippen LogP contribution in [0.2, 0.25) is 0 Å². The first-order valence-electron chi connectivity index (χ1n) is 10.3. The van der Waals surface area contributed by atoms with Gasteiger partial charge >= 0.3 is 12.2 Å². The smallest absolute Gasteiger partial charge is 0.329 e. The van der Waals surface area contributed by atoms with Crippen molar-refractivity contribution in [2.24, 2.45) is 0 Å². The molecule has 1 unspecified atom stereocenters. The molecular formula is C23H22F3N5O2. The minimum Gasteiger partial charge on any atom is -0.329 e. The molecule has 0 fully saturated rings. The van der Waals surface area contributed by atoms with Gasteiger partial charge in [0.25, 0.3) is 5.91 Å². The van der Waals surface area contributed by atoms with E-state index in [-0.39, 0.29) is 12.1 Å². The maximum absolute atomic E-state index is 13.0. The molecule has 7 nitrogen and oxygen atoms in total. The number of halogens is 3. The number of amides is 3. The average Bonchev–Trinajstić information content (AvgIpc) is 3.05. The van der Waals surface area contributed by atoms with Crippen LogP contribution in [0.5, 0.6) is 0 Å². The molecule has 0 aliphatic carbocycles. The van der Waals surface area contributed by atoms with E-state index in [4.69, 9.17) is 0 Å². The number of urea groups is 1. The van der Waals surface area contributed by atoms with E-state index < -0.39 is 30.7 Å². The van der Waals surface area contributed by atoms with Crippen molar-refractivity contribution in [2.75, 3.05) is 18.4 Å². The number of anilines is 1. The number of alkyl halides is 3. The topological polar surface area (TPSA) is 79.3 Å². The predicted molar refractivity (Wildman–Crippen MR) is 116 cm³/mol. The number of carbonyl (C=O) groups is 2. The van der Waals surface area contributed by atoms with Crippen LogP contribution >= 0.6 is 0 Å². The van der Waals surface area contributed by atoms with Crippen LogP contribution < -0.4 is 10.6 Å². The molecular weight excluding hydrogens is 435 g/mol. The summed E-state index contributed by atoms with van der Waals surface area (Å²) in [4.78, 5) is 26.2. The summed E-state index contributed by atoms with van der Waals surface area (Å²) in [5.41, 5.74) is 2.83. The summed E-state index contributed by atoms with van der Waals surface area (Å²) in [5.74, 6) is -0.265. The van der Waals surface area contributed by atoms with Gasteiger partial charge in [0.15, 0.2) is 0 Å². The molecule has 1 atom stereocenters. The standard InChI is InChI=1S/C23H22F3N5O2/c1-14-15(2)29-31(16-8-4-3-5-9-16)20(14)28-22(33)27-19-12-30(13-23(24,25)26)21(32)18-11-7-6-10-17(18)19/h3-11,19H,12-13H2,1-2H3,(H2,27,28,33). The summed E-state index contributed by atoms with van der Waals surface area (Å²) in [6.07, 6.45) is -4.55. The van der Waals surface area contributed by atoms with Gasteiger partial charge in [0.05, 0.1) is 17.4 Å². The number of nitrogens with one attached hydrogen (secondary N) is 2. The van der Waals surface area contributed by atoms with Gasteiger partial charge in [-0.25, -0.2) is 9.48 Å². The number of hydrogen-bond donors (Lipinski definition) is 2. The molecule has 0 saturated carbocycles. The molecule has 1 aliphatic rings. The number of nitrogens with zero attached hydrogens (tertiary/aromatic N) is 3. The van der Waals surface area contributed by atoms with Crippen LogP contribution in [0.4, 0.5) is 23.8 Å². The molecule has 0 saturated heterocycles. The van der Waals surface area contributed by atoms with E-state index in [0.717, 1.165) is 16.9 Å². The molecule has 2 N–H and O–H groups in total. The molecule has 4 rings (SSSR count). The van der Waals surface area contributed by atoms with E-state index in [9.17, 15) is 22.8 Å². The molecule has 1 aliphatic heterocycles. The van der Waals surface area contributed by atoms with Crippen LogP contribution in [-0.2, 0) is 0 Å². The normalized spacial score (nSPS) is 15.8. The van der Waals surface area contributed by atoms with Gasteiger partial charge in [-0.3, -0.25) is 10.1 Å². The number of aromatic nitrogens is 2. The fourth-order valence-corrected chi connectivity index (χ4v) is 3.85. The highest BCUT2D eigenvalue weighted by molar-refractivity contribution is 5.98. The Bertz CT molecular complexity index is 1190. The minimum absolute atomic E-state index is 0.139. The Hall–Kier alpha value is -3.82. The van der Waals surface area contributed by atoms with Gasteiger partial charge in [-0.1, -0.05) is 36.4 Å². The first-order chi connectivity index (χ1) is 15.6. The lowest BCUT2D eigenvalue weighted by molar-refractivity contribution is -0.141. The van der Waals surface area contributed by atoms with Crippen LogP contribution in [0.15, 0.2) is 54.6 Å². The Morgan fingerprint density at radius 2 is 1.76 bits per heavy atom. The fraction of sp³-hybridized carbons (Fsp3) is 0.261. The van der Waals surface area contributed by atoms with Crippen molar-refractivity contribution in [2.45, 2.75) is 26.1 Å². The van der Waals surface area contributed by atoms with E-state index in [2.05, 4.69) is 15.7 Å². The lowest BCUT2D eigenvalue weighted by Gasteiger charge is -2.35. The quantitative estimate of drug-likeness (QED) is 0.611. The lowest BCUT2D eigenvalue weighted by Crippen LogP contribution is -2.49.